The molecular weight excluding hydrogens is 326 g/mol. The van der Waals surface area contributed by atoms with E-state index in [1.54, 1.807) is 7.11 Å². The van der Waals surface area contributed by atoms with Gasteiger partial charge in [-0.25, -0.2) is 0 Å². The third-order valence-electron chi connectivity index (χ3n) is 5.62. The second-order valence-corrected chi connectivity index (χ2v) is 6.99. The molecule has 5 heteroatoms. The van der Waals surface area contributed by atoms with Gasteiger partial charge < -0.3 is 15.0 Å². The third-order valence-corrected chi connectivity index (χ3v) is 5.62. The van der Waals surface area contributed by atoms with E-state index in [1.165, 1.54) is 0 Å². The van der Waals surface area contributed by atoms with Gasteiger partial charge in [0.1, 0.15) is 5.75 Å². The summed E-state index contributed by atoms with van der Waals surface area (Å²) in [6.45, 7) is 12.3. The van der Waals surface area contributed by atoms with Crippen molar-refractivity contribution in [3.8, 4) is 5.75 Å². The van der Waals surface area contributed by atoms with Crippen molar-refractivity contribution < 1.29 is 9.53 Å². The summed E-state index contributed by atoms with van der Waals surface area (Å²) in [6.07, 6.45) is 1.77. The van der Waals surface area contributed by atoms with Crippen LogP contribution in [0.25, 0.3) is 0 Å². The van der Waals surface area contributed by atoms with Gasteiger partial charge in [0.25, 0.3) is 0 Å². The van der Waals surface area contributed by atoms with Crippen molar-refractivity contribution >= 4 is 5.91 Å². The van der Waals surface area contributed by atoms with Crippen molar-refractivity contribution in [1.29, 1.82) is 0 Å². The van der Waals surface area contributed by atoms with Crippen LogP contribution in [0.5, 0.6) is 5.75 Å². The summed E-state index contributed by atoms with van der Waals surface area (Å²) in [5.41, 5.74) is 1.16. The zero-order valence-electron chi connectivity index (χ0n) is 16.8. The topological polar surface area (TPSA) is 44.8 Å². The molecule has 26 heavy (non-hydrogen) atoms. The average Bonchev–Trinajstić information content (AvgIpc) is 2.70. The number of likely N-dealkylation sites (N-methyl/N-ethyl adjacent to an activating group) is 1. The molecule has 1 fully saturated rings. The Morgan fingerprint density at radius 3 is 2.35 bits per heavy atom. The van der Waals surface area contributed by atoms with E-state index in [0.717, 1.165) is 56.9 Å². The standard InChI is InChI=1S/C21H35N3O2/c1-5-17(6-2)21(25)22-16-19(18-10-8-9-11-20(18)26-4)24-14-12-23(7-3)13-15-24/h8-11,17,19H,5-7,12-16H2,1-4H3,(H,22,25). The number of rotatable bonds is 9. The molecule has 1 aliphatic rings. The zero-order chi connectivity index (χ0) is 18.9. The summed E-state index contributed by atoms with van der Waals surface area (Å²) >= 11 is 0. The van der Waals surface area contributed by atoms with Crippen molar-refractivity contribution in [3.05, 3.63) is 29.8 Å². The quantitative estimate of drug-likeness (QED) is 0.734. The van der Waals surface area contributed by atoms with Crippen LogP contribution in [0.2, 0.25) is 0 Å². The predicted octanol–water partition coefficient (Wildman–Crippen LogP) is 2.93. The molecule has 0 saturated carbocycles. The molecule has 0 aromatic heterocycles. The lowest BCUT2D eigenvalue weighted by molar-refractivity contribution is -0.125. The second kappa shape index (κ2) is 10.5. The molecule has 1 amide bonds. The van der Waals surface area contributed by atoms with Gasteiger partial charge in [-0.2, -0.15) is 0 Å². The fraction of sp³-hybridized carbons (Fsp3) is 0.667. The number of para-hydroxylation sites is 1. The van der Waals surface area contributed by atoms with Crippen LogP contribution in [-0.2, 0) is 4.79 Å². The molecule has 146 valence electrons. The zero-order valence-corrected chi connectivity index (χ0v) is 16.8. The Labute approximate surface area is 158 Å². The molecule has 0 spiro atoms. The first kappa shape index (κ1) is 20.7. The number of benzene rings is 1. The number of ether oxygens (including phenoxy) is 1. The number of carbonyl (C=O) groups is 1. The third kappa shape index (κ3) is 5.21. The van der Waals surface area contributed by atoms with Crippen LogP contribution in [0.1, 0.15) is 45.2 Å². The molecular formula is C21H35N3O2. The van der Waals surface area contributed by atoms with Crippen LogP contribution < -0.4 is 10.1 Å². The fourth-order valence-corrected chi connectivity index (χ4v) is 3.77. The number of nitrogens with one attached hydrogen (secondary N) is 1. The summed E-state index contributed by atoms with van der Waals surface area (Å²) in [7, 11) is 1.72. The minimum atomic E-state index is 0.102. The van der Waals surface area contributed by atoms with Crippen molar-refractivity contribution in [2.24, 2.45) is 5.92 Å². The molecule has 1 unspecified atom stereocenters. The molecule has 0 radical (unpaired) electrons. The number of amides is 1. The molecule has 1 aliphatic heterocycles. The van der Waals surface area contributed by atoms with Crippen molar-refractivity contribution in [3.63, 3.8) is 0 Å². The maximum Gasteiger partial charge on any atom is 0.223 e. The van der Waals surface area contributed by atoms with Gasteiger partial charge in [-0.05, 0) is 25.5 Å². The summed E-state index contributed by atoms with van der Waals surface area (Å²) in [6, 6.07) is 8.32. The molecule has 5 nitrogen and oxygen atoms in total. The Hall–Kier alpha value is -1.59. The molecule has 1 heterocycles. The monoisotopic (exact) mass is 361 g/mol. The molecule has 1 saturated heterocycles. The summed E-state index contributed by atoms with van der Waals surface area (Å²) in [4.78, 5) is 17.5. The number of carbonyl (C=O) groups excluding carboxylic acids is 1. The van der Waals surface area contributed by atoms with E-state index in [1.807, 2.05) is 12.1 Å². The summed E-state index contributed by atoms with van der Waals surface area (Å²) in [5.74, 6) is 1.17. The molecule has 1 N–H and O–H groups in total. The highest BCUT2D eigenvalue weighted by Crippen LogP contribution is 2.29. The Bertz CT molecular complexity index is 552. The minimum Gasteiger partial charge on any atom is -0.496 e. The van der Waals surface area contributed by atoms with Crippen molar-refractivity contribution in [2.45, 2.75) is 39.7 Å². The van der Waals surface area contributed by atoms with Crippen LogP contribution in [0.4, 0.5) is 0 Å². The average molecular weight is 362 g/mol. The van der Waals surface area contributed by atoms with Gasteiger partial charge in [0.05, 0.1) is 13.2 Å². The fourth-order valence-electron chi connectivity index (χ4n) is 3.77. The highest BCUT2D eigenvalue weighted by atomic mass is 16.5. The predicted molar refractivity (Wildman–Crippen MR) is 107 cm³/mol. The number of hydrogen-bond acceptors (Lipinski definition) is 4. The highest BCUT2D eigenvalue weighted by molar-refractivity contribution is 5.78. The van der Waals surface area contributed by atoms with Crippen molar-refractivity contribution in [2.75, 3.05) is 46.4 Å². The highest BCUT2D eigenvalue weighted by Gasteiger charge is 2.27. The maximum atomic E-state index is 12.5. The van der Waals surface area contributed by atoms with Crippen LogP contribution in [-0.4, -0.2) is 62.1 Å². The Morgan fingerprint density at radius 1 is 1.12 bits per heavy atom. The Kier molecular flexibility index (Phi) is 8.39. The normalized spacial score (nSPS) is 17.3. The smallest absolute Gasteiger partial charge is 0.223 e. The van der Waals surface area contributed by atoms with Crippen molar-refractivity contribution in [1.82, 2.24) is 15.1 Å². The Morgan fingerprint density at radius 2 is 1.77 bits per heavy atom. The minimum absolute atomic E-state index is 0.102. The number of nitrogens with zero attached hydrogens (tertiary/aromatic N) is 2. The summed E-state index contributed by atoms with van der Waals surface area (Å²) < 4.78 is 5.61. The second-order valence-electron chi connectivity index (χ2n) is 6.99. The lowest BCUT2D eigenvalue weighted by Crippen LogP contribution is -2.50. The van der Waals surface area contributed by atoms with Gasteiger partial charge in [0.15, 0.2) is 0 Å². The van der Waals surface area contributed by atoms with E-state index in [-0.39, 0.29) is 17.9 Å². The SMILES string of the molecule is CCC(CC)C(=O)NCC(c1ccccc1OC)N1CCN(CC)CC1. The van der Waals surface area contributed by atoms with Crippen LogP contribution in [0.3, 0.4) is 0 Å². The van der Waals surface area contributed by atoms with E-state index in [0.29, 0.717) is 6.54 Å². The molecule has 0 aliphatic carbocycles. The molecule has 2 rings (SSSR count). The molecule has 1 aromatic rings. The molecule has 0 bridgehead atoms. The van der Waals surface area contributed by atoms with Gasteiger partial charge in [0.2, 0.25) is 5.91 Å². The first-order chi connectivity index (χ1) is 12.6. The van der Waals surface area contributed by atoms with Crippen LogP contribution >= 0.6 is 0 Å². The lowest BCUT2D eigenvalue weighted by Gasteiger charge is -2.39. The van der Waals surface area contributed by atoms with Gasteiger partial charge >= 0.3 is 0 Å². The number of methoxy groups -OCH3 is 1. The number of hydrogen-bond donors (Lipinski definition) is 1. The first-order valence-corrected chi connectivity index (χ1v) is 10.0. The van der Waals surface area contributed by atoms with E-state index in [9.17, 15) is 4.79 Å². The van der Waals surface area contributed by atoms with E-state index in [4.69, 9.17) is 4.74 Å². The largest absolute Gasteiger partial charge is 0.496 e. The molecule has 1 aromatic carbocycles. The van der Waals surface area contributed by atoms with Crippen LogP contribution in [0, 0.1) is 5.92 Å². The van der Waals surface area contributed by atoms with E-state index < -0.39 is 0 Å². The lowest BCUT2D eigenvalue weighted by atomic mass is 10.0. The van der Waals surface area contributed by atoms with E-state index in [2.05, 4.69) is 48.0 Å². The first-order valence-electron chi connectivity index (χ1n) is 10.0. The van der Waals surface area contributed by atoms with Gasteiger partial charge in [0, 0.05) is 44.2 Å². The number of piperazine rings is 1. The van der Waals surface area contributed by atoms with Gasteiger partial charge in [-0.1, -0.05) is 39.0 Å². The van der Waals surface area contributed by atoms with E-state index >= 15 is 0 Å². The van der Waals surface area contributed by atoms with Gasteiger partial charge in [-0.3, -0.25) is 9.69 Å². The Balaban J connectivity index is 2.15. The summed E-state index contributed by atoms with van der Waals surface area (Å²) in [5, 5.41) is 3.21. The maximum absolute atomic E-state index is 12.5. The van der Waals surface area contributed by atoms with Crippen LogP contribution in [0.15, 0.2) is 24.3 Å². The molecule has 1 atom stereocenters. The van der Waals surface area contributed by atoms with Gasteiger partial charge in [-0.15, -0.1) is 0 Å².